The number of fused-ring (bicyclic) bond motifs is 1. The number of allylic oxidation sites excluding steroid dienone is 1. The van der Waals surface area contributed by atoms with E-state index < -0.39 is 0 Å². The summed E-state index contributed by atoms with van der Waals surface area (Å²) in [5.41, 5.74) is 3.73. The number of hydrogen-bond acceptors (Lipinski definition) is 5. The van der Waals surface area contributed by atoms with E-state index in [2.05, 4.69) is 24.2 Å². The Morgan fingerprint density at radius 2 is 1.91 bits per heavy atom. The van der Waals surface area contributed by atoms with Crippen LogP contribution in [0.1, 0.15) is 78.9 Å². The number of piperidine rings is 1. The maximum Gasteiger partial charge on any atom is 0.338 e. The lowest BCUT2D eigenvalue weighted by Gasteiger charge is -2.26. The predicted molar refractivity (Wildman–Crippen MR) is 136 cm³/mol. The summed E-state index contributed by atoms with van der Waals surface area (Å²) < 4.78 is 5.56. The maximum atomic E-state index is 13.0. The van der Waals surface area contributed by atoms with E-state index in [1.165, 1.54) is 6.42 Å². The van der Waals surface area contributed by atoms with Gasteiger partial charge in [0, 0.05) is 24.5 Å². The number of ether oxygens (including phenoxy) is 1. The molecule has 0 bridgehead atoms. The van der Waals surface area contributed by atoms with Crippen molar-refractivity contribution in [3.8, 4) is 0 Å². The van der Waals surface area contributed by atoms with Gasteiger partial charge in [0.1, 0.15) is 0 Å². The molecule has 0 radical (unpaired) electrons. The standard InChI is InChI=1S/C27H37ClN2O4/c1-19-11-7-4-5-10-14-33-27(32)25-20(2)16-21(3)26(28)23(25)17-22(15-19)29-34-18-24(31)30-12-8-6-9-13-30/h4-5,16,19H,6-15,17-18H2,1-3H3/b5-4+,29-22+. The summed E-state index contributed by atoms with van der Waals surface area (Å²) in [6, 6.07) is 1.92. The molecule has 1 saturated heterocycles. The fraction of sp³-hybridized carbons (Fsp3) is 0.593. The first-order valence-electron chi connectivity index (χ1n) is 12.4. The van der Waals surface area contributed by atoms with E-state index in [1.807, 2.05) is 24.8 Å². The van der Waals surface area contributed by atoms with Crippen molar-refractivity contribution in [2.24, 2.45) is 11.1 Å². The lowest BCUT2D eigenvalue weighted by atomic mass is 9.91. The highest BCUT2D eigenvalue weighted by atomic mass is 35.5. The normalized spacial score (nSPS) is 22.5. The van der Waals surface area contributed by atoms with Gasteiger partial charge < -0.3 is 14.5 Å². The average Bonchev–Trinajstić information content (AvgIpc) is 2.81. The van der Waals surface area contributed by atoms with Gasteiger partial charge in [-0.3, -0.25) is 4.79 Å². The van der Waals surface area contributed by atoms with Crippen LogP contribution in [0, 0.1) is 19.8 Å². The van der Waals surface area contributed by atoms with Gasteiger partial charge in [-0.1, -0.05) is 41.9 Å². The Balaban J connectivity index is 1.86. The second-order valence-corrected chi connectivity index (χ2v) is 9.89. The van der Waals surface area contributed by atoms with Gasteiger partial charge in [0.15, 0.2) is 6.61 Å². The molecule has 1 aromatic rings. The Kier molecular flexibility index (Phi) is 10.00. The summed E-state index contributed by atoms with van der Waals surface area (Å²) in [6.07, 6.45) is 11.2. The lowest BCUT2D eigenvalue weighted by Crippen LogP contribution is -2.37. The molecule has 2 heterocycles. The molecule has 1 unspecified atom stereocenters. The fourth-order valence-corrected chi connectivity index (χ4v) is 4.88. The Bertz CT molecular complexity index is 935. The summed E-state index contributed by atoms with van der Waals surface area (Å²) in [5, 5.41) is 4.95. The maximum absolute atomic E-state index is 13.0. The van der Waals surface area contributed by atoms with Gasteiger partial charge in [0.2, 0.25) is 0 Å². The van der Waals surface area contributed by atoms with E-state index in [1.54, 1.807) is 0 Å². The molecule has 0 N–H and O–H groups in total. The monoisotopic (exact) mass is 488 g/mol. The number of halogens is 1. The van der Waals surface area contributed by atoms with Crippen molar-refractivity contribution in [2.45, 2.75) is 72.1 Å². The van der Waals surface area contributed by atoms with Crippen LogP contribution in [0.5, 0.6) is 0 Å². The first-order valence-corrected chi connectivity index (χ1v) is 12.8. The van der Waals surface area contributed by atoms with Crippen LogP contribution >= 0.6 is 11.6 Å². The molecule has 0 spiro atoms. The van der Waals surface area contributed by atoms with Crippen molar-refractivity contribution in [3.05, 3.63) is 45.5 Å². The van der Waals surface area contributed by atoms with Crippen LogP contribution in [0.4, 0.5) is 0 Å². The molecule has 7 heteroatoms. The van der Waals surface area contributed by atoms with Crippen LogP contribution in [0.25, 0.3) is 0 Å². The fourth-order valence-electron chi connectivity index (χ4n) is 4.67. The van der Waals surface area contributed by atoms with E-state index in [0.717, 1.165) is 55.6 Å². The van der Waals surface area contributed by atoms with Gasteiger partial charge in [-0.25, -0.2) is 4.79 Å². The Labute approximate surface area is 208 Å². The molecule has 1 atom stereocenters. The minimum Gasteiger partial charge on any atom is -0.462 e. The Morgan fingerprint density at radius 3 is 2.68 bits per heavy atom. The number of amides is 1. The van der Waals surface area contributed by atoms with Gasteiger partial charge in [-0.05, 0) is 81.4 Å². The van der Waals surface area contributed by atoms with Crippen molar-refractivity contribution < 1.29 is 19.2 Å². The van der Waals surface area contributed by atoms with E-state index in [-0.39, 0.29) is 18.5 Å². The topological polar surface area (TPSA) is 68.2 Å². The van der Waals surface area contributed by atoms with Crippen molar-refractivity contribution in [1.82, 2.24) is 4.90 Å². The number of hydrogen-bond donors (Lipinski definition) is 0. The van der Waals surface area contributed by atoms with E-state index in [9.17, 15) is 9.59 Å². The van der Waals surface area contributed by atoms with Gasteiger partial charge in [0.25, 0.3) is 5.91 Å². The zero-order valence-electron chi connectivity index (χ0n) is 20.7. The number of nitrogens with zero attached hydrogens (tertiary/aromatic N) is 2. The minimum absolute atomic E-state index is 0.0307. The third-order valence-corrected chi connectivity index (χ3v) is 7.04. The number of aryl methyl sites for hydroxylation is 2. The number of carbonyl (C=O) groups excluding carboxylic acids is 2. The SMILES string of the molecule is Cc1cc(C)c2c(c1Cl)C/C(=N/OCC(=O)N1CCCCC1)CC(C)CC/C=C/CCOC2=O. The predicted octanol–water partition coefficient (Wildman–Crippen LogP) is 5.81. The highest BCUT2D eigenvalue weighted by Gasteiger charge is 2.23. The number of rotatable bonds is 3. The third kappa shape index (κ3) is 7.33. The molecule has 0 aromatic heterocycles. The largest absolute Gasteiger partial charge is 0.462 e. The molecule has 0 aliphatic carbocycles. The number of esters is 1. The summed E-state index contributed by atoms with van der Waals surface area (Å²) in [4.78, 5) is 32.9. The van der Waals surface area contributed by atoms with E-state index in [4.69, 9.17) is 21.2 Å². The van der Waals surface area contributed by atoms with Crippen molar-refractivity contribution in [1.29, 1.82) is 0 Å². The highest BCUT2D eigenvalue weighted by Crippen LogP contribution is 2.30. The molecule has 2 aliphatic rings. The molecular formula is C27H37ClN2O4. The molecule has 1 aromatic carbocycles. The van der Waals surface area contributed by atoms with Crippen LogP contribution in [0.15, 0.2) is 23.4 Å². The third-order valence-electron chi connectivity index (χ3n) is 6.51. The second-order valence-electron chi connectivity index (χ2n) is 9.51. The van der Waals surface area contributed by atoms with Crippen LogP contribution in [-0.2, 0) is 20.8 Å². The summed E-state index contributed by atoms with van der Waals surface area (Å²) in [6.45, 7) is 7.85. The molecule has 0 saturated carbocycles. The second kappa shape index (κ2) is 12.9. The molecule has 6 nitrogen and oxygen atoms in total. The first kappa shape index (κ1) is 26.3. The number of benzene rings is 1. The van der Waals surface area contributed by atoms with Crippen molar-refractivity contribution in [2.75, 3.05) is 26.3 Å². The molecule has 186 valence electrons. The molecule has 34 heavy (non-hydrogen) atoms. The van der Waals surface area contributed by atoms with E-state index in [0.29, 0.717) is 47.9 Å². The summed E-state index contributed by atoms with van der Waals surface area (Å²) in [7, 11) is 0. The number of carbonyl (C=O) groups is 2. The molecular weight excluding hydrogens is 452 g/mol. The zero-order chi connectivity index (χ0) is 24.5. The van der Waals surface area contributed by atoms with Crippen LogP contribution in [0.3, 0.4) is 0 Å². The Hall–Kier alpha value is -2.34. The minimum atomic E-state index is -0.367. The van der Waals surface area contributed by atoms with E-state index >= 15 is 0 Å². The number of oxime groups is 1. The van der Waals surface area contributed by atoms with Crippen molar-refractivity contribution in [3.63, 3.8) is 0 Å². The quantitative estimate of drug-likeness (QED) is 0.306. The van der Waals surface area contributed by atoms with Crippen LogP contribution in [-0.4, -0.2) is 48.8 Å². The zero-order valence-corrected chi connectivity index (χ0v) is 21.5. The molecule has 2 aliphatic heterocycles. The smallest absolute Gasteiger partial charge is 0.338 e. The number of likely N-dealkylation sites (tertiary alicyclic amines) is 1. The Morgan fingerprint density at radius 1 is 1.18 bits per heavy atom. The van der Waals surface area contributed by atoms with Crippen molar-refractivity contribution >= 4 is 29.2 Å². The molecule has 1 fully saturated rings. The van der Waals surface area contributed by atoms with Gasteiger partial charge in [-0.2, -0.15) is 0 Å². The lowest BCUT2D eigenvalue weighted by molar-refractivity contribution is -0.137. The van der Waals surface area contributed by atoms with Gasteiger partial charge >= 0.3 is 5.97 Å². The van der Waals surface area contributed by atoms with Crippen LogP contribution < -0.4 is 0 Å². The summed E-state index contributed by atoms with van der Waals surface area (Å²) >= 11 is 6.71. The van der Waals surface area contributed by atoms with Gasteiger partial charge in [-0.15, -0.1) is 0 Å². The first-order chi connectivity index (χ1) is 16.4. The average molecular weight is 489 g/mol. The van der Waals surface area contributed by atoms with Crippen LogP contribution in [0.2, 0.25) is 5.02 Å². The highest BCUT2D eigenvalue weighted by molar-refractivity contribution is 6.33. The summed E-state index contributed by atoms with van der Waals surface area (Å²) in [5.74, 6) is -0.0295. The van der Waals surface area contributed by atoms with Gasteiger partial charge in [0.05, 0.1) is 17.9 Å². The number of cyclic esters (lactones) is 1. The molecule has 1 amide bonds. The molecule has 3 rings (SSSR count).